The Kier molecular flexibility index (Phi) is 8.88. The first-order valence-electron chi connectivity index (χ1n) is 11.6. The number of nitrogens with one attached hydrogen (secondary N) is 1. The maximum absolute atomic E-state index is 14.9. The minimum atomic E-state index is -4.33. The average molecular weight is 528 g/mol. The number of hydrogen-bond donors (Lipinski definition) is 1. The zero-order chi connectivity index (χ0) is 27.2. The van der Waals surface area contributed by atoms with Crippen LogP contribution < -0.4 is 14.4 Å². The topological polar surface area (TPSA) is 96.0 Å². The summed E-state index contributed by atoms with van der Waals surface area (Å²) in [5.74, 6) is -1.28. The summed E-state index contributed by atoms with van der Waals surface area (Å²) in [6.45, 7) is 2.66. The molecule has 1 unspecified atom stereocenters. The van der Waals surface area contributed by atoms with E-state index in [1.165, 1.54) is 49.4 Å². The number of ether oxygens (including phenoxy) is 1. The number of para-hydroxylation sites is 1. The van der Waals surface area contributed by atoms with Crippen molar-refractivity contribution in [2.24, 2.45) is 0 Å². The van der Waals surface area contributed by atoms with Gasteiger partial charge in [0.25, 0.3) is 10.0 Å². The van der Waals surface area contributed by atoms with E-state index in [9.17, 15) is 22.4 Å². The molecule has 0 aliphatic rings. The number of nitrogens with zero attached hydrogens (tertiary/aromatic N) is 2. The fourth-order valence-electron chi connectivity index (χ4n) is 3.72. The smallest absolute Gasteiger partial charge is 0.264 e. The lowest BCUT2D eigenvalue weighted by molar-refractivity contribution is -0.139. The van der Waals surface area contributed by atoms with Crippen molar-refractivity contribution in [2.75, 3.05) is 25.0 Å². The lowest BCUT2D eigenvalue weighted by Crippen LogP contribution is -2.50. The molecule has 2 amide bonds. The number of carbonyl (C=O) groups is 2. The van der Waals surface area contributed by atoms with Crippen molar-refractivity contribution >= 4 is 27.5 Å². The van der Waals surface area contributed by atoms with Crippen LogP contribution in [-0.4, -0.2) is 51.9 Å². The quantitative estimate of drug-likeness (QED) is 0.436. The third-order valence-corrected chi connectivity index (χ3v) is 7.71. The molecule has 3 aromatic carbocycles. The van der Waals surface area contributed by atoms with E-state index >= 15 is 0 Å². The van der Waals surface area contributed by atoms with E-state index in [2.05, 4.69) is 5.32 Å². The third-order valence-electron chi connectivity index (χ3n) is 5.93. The molecule has 0 saturated carbocycles. The van der Waals surface area contributed by atoms with Crippen LogP contribution in [0.3, 0.4) is 0 Å². The molecule has 0 bridgehead atoms. The number of rotatable bonds is 10. The first kappa shape index (κ1) is 27.7. The monoisotopic (exact) mass is 527 g/mol. The van der Waals surface area contributed by atoms with Crippen LogP contribution in [0, 0.1) is 12.7 Å². The highest BCUT2D eigenvalue weighted by Crippen LogP contribution is 2.27. The van der Waals surface area contributed by atoms with Gasteiger partial charge in [-0.1, -0.05) is 42.0 Å². The maximum atomic E-state index is 14.9. The van der Waals surface area contributed by atoms with Crippen molar-refractivity contribution in [2.45, 2.75) is 31.3 Å². The lowest BCUT2D eigenvalue weighted by Gasteiger charge is -2.31. The van der Waals surface area contributed by atoms with E-state index in [1.54, 1.807) is 43.3 Å². The van der Waals surface area contributed by atoms with E-state index in [0.29, 0.717) is 11.3 Å². The summed E-state index contributed by atoms with van der Waals surface area (Å²) in [5.41, 5.74) is 1.27. The van der Waals surface area contributed by atoms with Gasteiger partial charge in [0.05, 0.1) is 17.7 Å². The zero-order valence-corrected chi connectivity index (χ0v) is 22.0. The van der Waals surface area contributed by atoms with Gasteiger partial charge in [0.2, 0.25) is 11.8 Å². The molecular weight excluding hydrogens is 497 g/mol. The Bertz CT molecular complexity index is 1350. The molecule has 10 heteroatoms. The fraction of sp³-hybridized carbons (Fsp3) is 0.259. The fourth-order valence-corrected chi connectivity index (χ4v) is 5.15. The molecule has 1 atom stereocenters. The second kappa shape index (κ2) is 11.9. The molecule has 0 saturated heterocycles. The summed E-state index contributed by atoms with van der Waals surface area (Å²) in [6, 6.07) is 17.4. The van der Waals surface area contributed by atoms with Gasteiger partial charge in [0.1, 0.15) is 24.2 Å². The molecule has 3 aromatic rings. The lowest BCUT2D eigenvalue weighted by atomic mass is 10.1. The summed E-state index contributed by atoms with van der Waals surface area (Å²) >= 11 is 0. The number of aryl methyl sites for hydroxylation is 1. The Hall–Kier alpha value is -3.92. The molecule has 8 nitrogen and oxygen atoms in total. The number of carbonyl (C=O) groups excluding carboxylic acids is 2. The van der Waals surface area contributed by atoms with Crippen molar-refractivity contribution in [3.8, 4) is 5.75 Å². The highest BCUT2D eigenvalue weighted by atomic mass is 32.2. The van der Waals surface area contributed by atoms with Crippen molar-refractivity contribution in [1.82, 2.24) is 10.2 Å². The number of amides is 2. The van der Waals surface area contributed by atoms with Crippen LogP contribution in [0.4, 0.5) is 10.1 Å². The van der Waals surface area contributed by atoms with Gasteiger partial charge in [-0.2, -0.15) is 0 Å². The maximum Gasteiger partial charge on any atom is 0.264 e. The van der Waals surface area contributed by atoms with Crippen molar-refractivity contribution in [1.29, 1.82) is 0 Å². The van der Waals surface area contributed by atoms with Gasteiger partial charge >= 0.3 is 0 Å². The van der Waals surface area contributed by atoms with E-state index in [4.69, 9.17) is 4.74 Å². The first-order chi connectivity index (χ1) is 17.6. The second-order valence-electron chi connectivity index (χ2n) is 8.44. The van der Waals surface area contributed by atoms with Crippen LogP contribution in [0.2, 0.25) is 0 Å². The van der Waals surface area contributed by atoms with Crippen LogP contribution >= 0.6 is 0 Å². The Morgan fingerprint density at radius 1 is 1.00 bits per heavy atom. The Morgan fingerprint density at radius 2 is 1.62 bits per heavy atom. The summed E-state index contributed by atoms with van der Waals surface area (Å²) < 4.78 is 48.0. The molecule has 0 aliphatic carbocycles. The number of hydrogen-bond acceptors (Lipinski definition) is 5. The molecule has 0 radical (unpaired) electrons. The number of methoxy groups -OCH3 is 1. The summed E-state index contributed by atoms with van der Waals surface area (Å²) in [6.07, 6.45) is 0. The van der Waals surface area contributed by atoms with Crippen LogP contribution in [0.25, 0.3) is 0 Å². The van der Waals surface area contributed by atoms with Crippen LogP contribution in [0.15, 0.2) is 77.7 Å². The van der Waals surface area contributed by atoms with Crippen LogP contribution in [0.5, 0.6) is 5.75 Å². The standard InChI is InChI=1S/C27H30FN3O5S/c1-19-9-15-23(16-10-19)37(34,35)31(25-8-6-5-7-24(25)28)18-26(32)30(20(2)27(33)29-3)17-21-11-13-22(36-4)14-12-21/h5-16,20H,17-18H2,1-4H3,(H,29,33). The van der Waals surface area contributed by atoms with Crippen molar-refractivity contribution in [3.63, 3.8) is 0 Å². The average Bonchev–Trinajstić information content (AvgIpc) is 2.90. The molecule has 196 valence electrons. The van der Waals surface area contributed by atoms with Gasteiger partial charge in [-0.3, -0.25) is 13.9 Å². The van der Waals surface area contributed by atoms with Crippen molar-refractivity contribution < 1.29 is 27.1 Å². The van der Waals surface area contributed by atoms with Gasteiger partial charge < -0.3 is 15.0 Å². The van der Waals surface area contributed by atoms with E-state index in [-0.39, 0.29) is 17.1 Å². The van der Waals surface area contributed by atoms with Gasteiger partial charge in [-0.05, 0) is 55.8 Å². The van der Waals surface area contributed by atoms with Crippen molar-refractivity contribution in [3.05, 3.63) is 89.7 Å². The van der Waals surface area contributed by atoms with Crippen LogP contribution in [0.1, 0.15) is 18.1 Å². The van der Waals surface area contributed by atoms with E-state index in [0.717, 1.165) is 15.9 Å². The van der Waals surface area contributed by atoms with Gasteiger partial charge in [-0.25, -0.2) is 12.8 Å². The molecule has 3 rings (SSSR count). The minimum Gasteiger partial charge on any atom is -0.497 e. The SMILES string of the molecule is CNC(=O)C(C)N(Cc1ccc(OC)cc1)C(=O)CN(c1ccccc1F)S(=O)(=O)c1ccc(C)cc1. The van der Waals surface area contributed by atoms with Gasteiger partial charge in [0, 0.05) is 13.6 Å². The predicted molar refractivity (Wildman–Crippen MR) is 139 cm³/mol. The predicted octanol–water partition coefficient (Wildman–Crippen LogP) is 3.50. The number of likely N-dealkylation sites (N-methyl/N-ethyl adjacent to an activating group) is 1. The van der Waals surface area contributed by atoms with Gasteiger partial charge in [0.15, 0.2) is 0 Å². The summed E-state index contributed by atoms with van der Waals surface area (Å²) in [4.78, 5) is 27.3. The third kappa shape index (κ3) is 6.45. The largest absolute Gasteiger partial charge is 0.497 e. The molecule has 0 heterocycles. The summed E-state index contributed by atoms with van der Waals surface area (Å²) in [5, 5.41) is 2.51. The molecule has 37 heavy (non-hydrogen) atoms. The molecule has 0 aliphatic heterocycles. The number of halogens is 1. The minimum absolute atomic E-state index is 0.0209. The van der Waals surface area contributed by atoms with Gasteiger partial charge in [-0.15, -0.1) is 0 Å². The molecule has 1 N–H and O–H groups in total. The molecule has 0 fully saturated rings. The molecule has 0 aromatic heterocycles. The first-order valence-corrected chi connectivity index (χ1v) is 13.0. The van der Waals surface area contributed by atoms with Crippen LogP contribution in [-0.2, 0) is 26.2 Å². The molecule has 0 spiro atoms. The Morgan fingerprint density at radius 3 is 2.19 bits per heavy atom. The normalized spacial score (nSPS) is 11.9. The number of sulfonamides is 1. The van der Waals surface area contributed by atoms with E-state index < -0.39 is 40.2 Å². The Balaban J connectivity index is 2.03. The number of anilines is 1. The Labute approximate surface area is 216 Å². The second-order valence-corrected chi connectivity index (χ2v) is 10.3. The van der Waals surface area contributed by atoms with E-state index in [1.807, 2.05) is 6.92 Å². The number of benzene rings is 3. The zero-order valence-electron chi connectivity index (χ0n) is 21.1. The highest BCUT2D eigenvalue weighted by Gasteiger charge is 2.33. The highest BCUT2D eigenvalue weighted by molar-refractivity contribution is 7.92. The summed E-state index contributed by atoms with van der Waals surface area (Å²) in [7, 11) is -1.35. The molecular formula is C27H30FN3O5S.